The fourth-order valence-corrected chi connectivity index (χ4v) is 4.06. The molecule has 1 N–H and O–H groups in total. The lowest BCUT2D eigenvalue weighted by Gasteiger charge is -2.33. The SMILES string of the molecule is COc1ccc(C2=NOC3(CCCC3)C2)cc1OCCCN(C(=O)O)C(C)(C)C. The van der Waals surface area contributed by atoms with E-state index in [2.05, 4.69) is 5.16 Å². The monoisotopic (exact) mass is 404 g/mol. The van der Waals surface area contributed by atoms with Crippen LogP contribution in [0.4, 0.5) is 4.79 Å². The van der Waals surface area contributed by atoms with Crippen molar-refractivity contribution in [3.05, 3.63) is 23.8 Å². The molecule has 1 aliphatic carbocycles. The number of oxime groups is 1. The molecule has 0 bridgehead atoms. The minimum atomic E-state index is -0.919. The zero-order valence-electron chi connectivity index (χ0n) is 17.9. The Kier molecular flexibility index (Phi) is 6.24. The molecule has 7 heteroatoms. The number of hydrogen-bond acceptors (Lipinski definition) is 5. The van der Waals surface area contributed by atoms with Crippen molar-refractivity contribution < 1.29 is 24.2 Å². The summed E-state index contributed by atoms with van der Waals surface area (Å²) in [5.41, 5.74) is 1.37. The molecule has 3 rings (SSSR count). The van der Waals surface area contributed by atoms with Crippen LogP contribution in [-0.2, 0) is 4.84 Å². The van der Waals surface area contributed by atoms with Crippen LogP contribution in [0.2, 0.25) is 0 Å². The number of methoxy groups -OCH3 is 1. The summed E-state index contributed by atoms with van der Waals surface area (Å²) in [7, 11) is 1.61. The van der Waals surface area contributed by atoms with Gasteiger partial charge in [-0.05, 0) is 71.1 Å². The van der Waals surface area contributed by atoms with Crippen LogP contribution in [0.5, 0.6) is 11.5 Å². The van der Waals surface area contributed by atoms with Gasteiger partial charge in [0.25, 0.3) is 0 Å². The number of rotatable bonds is 7. The van der Waals surface area contributed by atoms with E-state index in [-0.39, 0.29) is 5.60 Å². The molecule has 29 heavy (non-hydrogen) atoms. The minimum absolute atomic E-state index is 0.108. The zero-order valence-corrected chi connectivity index (χ0v) is 17.9. The summed E-state index contributed by atoms with van der Waals surface area (Å²) in [6.45, 7) is 6.46. The first-order chi connectivity index (χ1) is 13.7. The number of hydrogen-bond donors (Lipinski definition) is 1. The van der Waals surface area contributed by atoms with Gasteiger partial charge in [0.2, 0.25) is 0 Å². The molecule has 0 radical (unpaired) electrons. The van der Waals surface area contributed by atoms with Crippen molar-refractivity contribution in [1.82, 2.24) is 4.90 Å². The Balaban J connectivity index is 1.62. The molecule has 2 aliphatic rings. The van der Waals surface area contributed by atoms with E-state index in [9.17, 15) is 9.90 Å². The second-order valence-electron chi connectivity index (χ2n) is 8.87. The van der Waals surface area contributed by atoms with Crippen LogP contribution in [0.15, 0.2) is 23.4 Å². The number of carboxylic acid groups (broad SMARTS) is 1. The second-order valence-corrected chi connectivity index (χ2v) is 8.87. The van der Waals surface area contributed by atoms with Crippen LogP contribution in [0, 0.1) is 0 Å². The molecular formula is C22H32N2O5. The van der Waals surface area contributed by atoms with Gasteiger partial charge in [0.15, 0.2) is 11.5 Å². The van der Waals surface area contributed by atoms with Crippen LogP contribution < -0.4 is 9.47 Å². The first-order valence-corrected chi connectivity index (χ1v) is 10.3. The van der Waals surface area contributed by atoms with Crippen molar-refractivity contribution >= 4 is 11.8 Å². The van der Waals surface area contributed by atoms with Crippen molar-refractivity contribution in [3.63, 3.8) is 0 Å². The molecule has 1 amide bonds. The Hall–Kier alpha value is -2.44. The van der Waals surface area contributed by atoms with Crippen LogP contribution in [0.3, 0.4) is 0 Å². The number of carbonyl (C=O) groups is 1. The van der Waals surface area contributed by atoms with Gasteiger partial charge in [-0.3, -0.25) is 0 Å². The lowest BCUT2D eigenvalue weighted by molar-refractivity contribution is -0.0126. The molecule has 0 saturated heterocycles. The molecule has 1 aliphatic heterocycles. The molecule has 0 aromatic heterocycles. The van der Waals surface area contributed by atoms with Gasteiger partial charge in [-0.25, -0.2) is 4.79 Å². The molecule has 0 unspecified atom stereocenters. The second kappa shape index (κ2) is 8.51. The summed E-state index contributed by atoms with van der Waals surface area (Å²) in [6, 6.07) is 5.80. The Bertz CT molecular complexity index is 763. The van der Waals surface area contributed by atoms with E-state index in [1.54, 1.807) is 7.11 Å². The van der Waals surface area contributed by atoms with Crippen molar-refractivity contribution in [2.45, 2.75) is 70.4 Å². The zero-order chi connectivity index (χ0) is 21.1. The van der Waals surface area contributed by atoms with Gasteiger partial charge in [-0.2, -0.15) is 0 Å². The summed E-state index contributed by atoms with van der Waals surface area (Å²) >= 11 is 0. The molecule has 1 saturated carbocycles. The molecule has 1 fully saturated rings. The summed E-state index contributed by atoms with van der Waals surface area (Å²) in [6.07, 6.45) is 5.02. The van der Waals surface area contributed by atoms with Gasteiger partial charge in [-0.1, -0.05) is 5.16 Å². The molecule has 1 spiro atoms. The molecular weight excluding hydrogens is 372 g/mol. The standard InChI is InChI=1S/C22H32N2O5/c1-21(2,3)24(20(25)26)12-7-13-28-19-14-16(8-9-18(19)27-4)17-15-22(29-23-17)10-5-6-11-22/h8-9,14H,5-7,10-13,15H2,1-4H3,(H,25,26). The average Bonchev–Trinajstić information content (AvgIpc) is 3.30. The van der Waals surface area contributed by atoms with Crippen molar-refractivity contribution in [3.8, 4) is 11.5 Å². The van der Waals surface area contributed by atoms with Gasteiger partial charge >= 0.3 is 6.09 Å². The van der Waals surface area contributed by atoms with Crippen LogP contribution in [-0.4, -0.2) is 53.2 Å². The topological polar surface area (TPSA) is 80.6 Å². The molecule has 7 nitrogen and oxygen atoms in total. The number of ether oxygens (including phenoxy) is 2. The highest BCUT2D eigenvalue weighted by Crippen LogP contribution is 2.41. The number of benzene rings is 1. The Morgan fingerprint density at radius 2 is 2.00 bits per heavy atom. The van der Waals surface area contributed by atoms with E-state index < -0.39 is 11.6 Å². The molecule has 1 aromatic rings. The van der Waals surface area contributed by atoms with Crippen LogP contribution in [0.25, 0.3) is 0 Å². The van der Waals surface area contributed by atoms with Crippen molar-refractivity contribution in [2.24, 2.45) is 5.16 Å². The van der Waals surface area contributed by atoms with E-state index in [1.165, 1.54) is 17.7 Å². The third-order valence-electron chi connectivity index (χ3n) is 5.68. The maximum absolute atomic E-state index is 11.4. The normalized spacial score (nSPS) is 17.7. The molecule has 1 heterocycles. The summed E-state index contributed by atoms with van der Waals surface area (Å²) in [5, 5.41) is 13.7. The van der Waals surface area contributed by atoms with Crippen molar-refractivity contribution in [1.29, 1.82) is 0 Å². The first-order valence-electron chi connectivity index (χ1n) is 10.3. The van der Waals surface area contributed by atoms with Gasteiger partial charge in [0.05, 0.1) is 19.4 Å². The van der Waals surface area contributed by atoms with Crippen LogP contribution in [0.1, 0.15) is 64.9 Å². The van der Waals surface area contributed by atoms with Gasteiger partial charge < -0.3 is 24.3 Å². The van der Waals surface area contributed by atoms with Crippen molar-refractivity contribution in [2.75, 3.05) is 20.3 Å². The van der Waals surface area contributed by atoms with E-state index in [1.807, 2.05) is 39.0 Å². The highest BCUT2D eigenvalue weighted by atomic mass is 16.7. The largest absolute Gasteiger partial charge is 0.493 e. The maximum Gasteiger partial charge on any atom is 0.407 e. The van der Waals surface area contributed by atoms with E-state index in [0.717, 1.165) is 30.5 Å². The predicted octanol–water partition coefficient (Wildman–Crippen LogP) is 4.68. The van der Waals surface area contributed by atoms with E-state index in [0.29, 0.717) is 31.1 Å². The summed E-state index contributed by atoms with van der Waals surface area (Å²) < 4.78 is 11.4. The summed E-state index contributed by atoms with van der Waals surface area (Å²) in [5.74, 6) is 1.28. The number of amides is 1. The van der Waals surface area contributed by atoms with Crippen LogP contribution >= 0.6 is 0 Å². The summed E-state index contributed by atoms with van der Waals surface area (Å²) in [4.78, 5) is 18.7. The predicted molar refractivity (Wildman–Crippen MR) is 111 cm³/mol. The lowest BCUT2D eigenvalue weighted by atomic mass is 9.93. The highest BCUT2D eigenvalue weighted by Gasteiger charge is 2.42. The lowest BCUT2D eigenvalue weighted by Crippen LogP contribution is -2.45. The Morgan fingerprint density at radius 1 is 1.28 bits per heavy atom. The van der Waals surface area contributed by atoms with Gasteiger partial charge in [0, 0.05) is 24.1 Å². The Labute approximate surface area is 172 Å². The van der Waals surface area contributed by atoms with E-state index in [4.69, 9.17) is 14.3 Å². The van der Waals surface area contributed by atoms with Gasteiger partial charge in [0.1, 0.15) is 5.60 Å². The quantitative estimate of drug-likeness (QED) is 0.668. The first kappa shape index (κ1) is 21.3. The van der Waals surface area contributed by atoms with E-state index >= 15 is 0 Å². The molecule has 160 valence electrons. The fourth-order valence-electron chi connectivity index (χ4n) is 4.06. The molecule has 0 atom stereocenters. The smallest absolute Gasteiger partial charge is 0.407 e. The average molecular weight is 405 g/mol. The van der Waals surface area contributed by atoms with Gasteiger partial charge in [-0.15, -0.1) is 0 Å². The number of nitrogens with zero attached hydrogens (tertiary/aromatic N) is 2. The molecule has 1 aromatic carbocycles. The maximum atomic E-state index is 11.4. The highest BCUT2D eigenvalue weighted by molar-refractivity contribution is 6.02. The third-order valence-corrected chi connectivity index (χ3v) is 5.68. The minimum Gasteiger partial charge on any atom is -0.493 e. The fraction of sp³-hybridized carbons (Fsp3) is 0.636. The third kappa shape index (κ3) is 4.95. The Morgan fingerprint density at radius 3 is 2.62 bits per heavy atom.